The van der Waals surface area contributed by atoms with E-state index >= 15 is 0 Å². The number of allylic oxidation sites excluding steroid dienone is 1. The average Bonchev–Trinajstić information content (AvgIpc) is 2.90. The van der Waals surface area contributed by atoms with Crippen LogP contribution in [0.5, 0.6) is 11.5 Å². The molecule has 0 aliphatic heterocycles. The molecule has 0 bridgehead atoms. The summed E-state index contributed by atoms with van der Waals surface area (Å²) in [7, 11) is 0. The van der Waals surface area contributed by atoms with Crippen molar-refractivity contribution in [3.63, 3.8) is 0 Å². The minimum absolute atomic E-state index is 0.0367. The Kier molecular flexibility index (Phi) is 12.5. The summed E-state index contributed by atoms with van der Waals surface area (Å²) in [6, 6.07) is 14.7. The lowest BCUT2D eigenvalue weighted by Gasteiger charge is -2.16. The van der Waals surface area contributed by atoms with Crippen molar-refractivity contribution < 1.29 is 28.6 Å². The highest BCUT2D eigenvalue weighted by Gasteiger charge is 2.15. The van der Waals surface area contributed by atoms with Crippen molar-refractivity contribution in [2.75, 3.05) is 13.2 Å². The number of hydrogen-bond acceptors (Lipinski definition) is 6. The van der Waals surface area contributed by atoms with Gasteiger partial charge in [-0.1, -0.05) is 57.2 Å². The molecule has 0 N–H and O–H groups in total. The molecular formula is C30H34O6. The Labute approximate surface area is 213 Å². The van der Waals surface area contributed by atoms with Gasteiger partial charge in [-0.05, 0) is 60.4 Å². The molecule has 2 rings (SSSR count). The van der Waals surface area contributed by atoms with Crippen molar-refractivity contribution in [2.24, 2.45) is 5.92 Å². The Morgan fingerprint density at radius 3 is 2.19 bits per heavy atom. The highest BCUT2D eigenvalue weighted by Crippen LogP contribution is 2.17. The summed E-state index contributed by atoms with van der Waals surface area (Å²) in [5.41, 5.74) is 2.03. The second-order valence-electron chi connectivity index (χ2n) is 8.31. The van der Waals surface area contributed by atoms with E-state index in [1.54, 1.807) is 30.3 Å². The average molecular weight is 491 g/mol. The van der Waals surface area contributed by atoms with E-state index in [1.807, 2.05) is 24.3 Å². The summed E-state index contributed by atoms with van der Waals surface area (Å²) in [5.74, 6) is -0.401. The number of ether oxygens (including phenoxy) is 3. The minimum Gasteiger partial charge on any atom is -0.493 e. The van der Waals surface area contributed by atoms with E-state index in [-0.39, 0.29) is 31.3 Å². The van der Waals surface area contributed by atoms with Crippen LogP contribution in [-0.4, -0.2) is 30.9 Å². The lowest BCUT2D eigenvalue weighted by atomic mass is 10.0. The van der Waals surface area contributed by atoms with Crippen molar-refractivity contribution in [1.82, 2.24) is 0 Å². The maximum Gasteiger partial charge on any atom is 0.336 e. The van der Waals surface area contributed by atoms with E-state index in [1.165, 1.54) is 30.6 Å². The Bertz CT molecular complexity index is 1030. The van der Waals surface area contributed by atoms with Crippen LogP contribution < -0.4 is 9.47 Å². The molecule has 0 aliphatic carbocycles. The zero-order valence-corrected chi connectivity index (χ0v) is 20.8. The van der Waals surface area contributed by atoms with Crippen LogP contribution in [0.4, 0.5) is 0 Å². The van der Waals surface area contributed by atoms with E-state index in [0.29, 0.717) is 11.5 Å². The summed E-state index contributed by atoms with van der Waals surface area (Å²) >= 11 is 0. The van der Waals surface area contributed by atoms with Crippen LogP contribution in [0, 0.1) is 5.92 Å². The second-order valence-corrected chi connectivity index (χ2v) is 8.31. The van der Waals surface area contributed by atoms with E-state index in [4.69, 9.17) is 14.2 Å². The highest BCUT2D eigenvalue weighted by atomic mass is 16.5. The minimum atomic E-state index is -0.555. The molecule has 6 heteroatoms. The first kappa shape index (κ1) is 28.3. The van der Waals surface area contributed by atoms with E-state index in [0.717, 1.165) is 24.5 Å². The van der Waals surface area contributed by atoms with Gasteiger partial charge in [0, 0.05) is 24.5 Å². The second kappa shape index (κ2) is 15.9. The number of hydrogen-bond donors (Lipinski definition) is 0. The zero-order valence-electron chi connectivity index (χ0n) is 20.8. The van der Waals surface area contributed by atoms with Gasteiger partial charge in [0.2, 0.25) is 0 Å². The third-order valence-electron chi connectivity index (χ3n) is 5.33. The molecule has 2 aromatic rings. The van der Waals surface area contributed by atoms with Gasteiger partial charge < -0.3 is 14.2 Å². The fourth-order valence-electron chi connectivity index (χ4n) is 3.30. The quantitative estimate of drug-likeness (QED) is 0.126. The Morgan fingerprint density at radius 2 is 1.56 bits per heavy atom. The molecular weight excluding hydrogens is 456 g/mol. The molecule has 0 aliphatic rings. The van der Waals surface area contributed by atoms with Gasteiger partial charge in [0.25, 0.3) is 0 Å². The van der Waals surface area contributed by atoms with Gasteiger partial charge in [0.15, 0.2) is 5.78 Å². The summed E-state index contributed by atoms with van der Waals surface area (Å²) in [6.45, 7) is 9.22. The smallest absolute Gasteiger partial charge is 0.336 e. The number of rotatable bonds is 16. The summed E-state index contributed by atoms with van der Waals surface area (Å²) in [5, 5.41) is 0. The number of carbonyl (C=O) groups is 3. The van der Waals surface area contributed by atoms with Gasteiger partial charge in [-0.3, -0.25) is 4.79 Å². The molecule has 0 radical (unpaired) electrons. The van der Waals surface area contributed by atoms with Crippen LogP contribution in [0.3, 0.4) is 0 Å². The molecule has 1 unspecified atom stereocenters. The predicted molar refractivity (Wildman–Crippen MR) is 141 cm³/mol. The van der Waals surface area contributed by atoms with Gasteiger partial charge in [-0.25, -0.2) is 9.59 Å². The van der Waals surface area contributed by atoms with Gasteiger partial charge in [-0.15, -0.1) is 0 Å². The molecule has 190 valence electrons. The maximum atomic E-state index is 12.2. The third-order valence-corrected chi connectivity index (χ3v) is 5.33. The first-order valence-corrected chi connectivity index (χ1v) is 12.1. The first-order valence-electron chi connectivity index (χ1n) is 12.1. The molecule has 0 spiro atoms. The van der Waals surface area contributed by atoms with Crippen molar-refractivity contribution in [3.8, 4) is 11.5 Å². The number of ketones is 1. The van der Waals surface area contributed by atoms with E-state index in [9.17, 15) is 14.4 Å². The molecule has 0 saturated carbocycles. The van der Waals surface area contributed by atoms with Gasteiger partial charge >= 0.3 is 11.9 Å². The Morgan fingerprint density at radius 1 is 0.861 bits per heavy atom. The van der Waals surface area contributed by atoms with Crippen LogP contribution in [-0.2, 0) is 25.5 Å². The van der Waals surface area contributed by atoms with Crippen molar-refractivity contribution in [2.45, 2.75) is 39.0 Å². The van der Waals surface area contributed by atoms with Gasteiger partial charge in [0.05, 0.1) is 13.2 Å². The van der Waals surface area contributed by atoms with Crippen LogP contribution in [0.1, 0.15) is 43.7 Å². The highest BCUT2D eigenvalue weighted by molar-refractivity contribution is 5.89. The molecule has 0 aromatic heterocycles. The number of unbranched alkanes of at least 4 members (excludes halogenated alkanes) is 2. The summed E-state index contributed by atoms with van der Waals surface area (Å²) in [4.78, 5) is 35.2. The third kappa shape index (κ3) is 11.0. The van der Waals surface area contributed by atoms with Crippen LogP contribution in [0.15, 0.2) is 79.9 Å². The molecule has 6 nitrogen and oxygen atoms in total. The van der Waals surface area contributed by atoms with Crippen molar-refractivity contribution in [3.05, 3.63) is 91.0 Å². The monoisotopic (exact) mass is 490 g/mol. The largest absolute Gasteiger partial charge is 0.493 e. The van der Waals surface area contributed by atoms with E-state index < -0.39 is 11.9 Å². The van der Waals surface area contributed by atoms with Crippen molar-refractivity contribution in [1.29, 1.82) is 0 Å². The van der Waals surface area contributed by atoms with Gasteiger partial charge in [0.1, 0.15) is 11.5 Å². The zero-order chi connectivity index (χ0) is 26.2. The topological polar surface area (TPSA) is 78.9 Å². The van der Waals surface area contributed by atoms with Crippen molar-refractivity contribution >= 4 is 23.8 Å². The first-order chi connectivity index (χ1) is 17.4. The van der Waals surface area contributed by atoms with E-state index in [2.05, 4.69) is 20.1 Å². The summed E-state index contributed by atoms with van der Waals surface area (Å²) in [6.07, 6.45) is 10.1. The maximum absolute atomic E-state index is 12.2. The lowest BCUT2D eigenvalue weighted by molar-refractivity contribution is -0.140. The standard InChI is InChI=1S/C30H34O6/c1-4-7-8-9-23-12-17-28(18-13-23)36-30(33)19-14-24-10-15-27(16-11-24)34-21-25(20-26(31)5-2)22-35-29(32)6-3/h5-6,10-19,25H,2-4,7-9,20-22H2,1H3/b19-14+. The number of benzene rings is 2. The fourth-order valence-corrected chi connectivity index (χ4v) is 3.30. The Balaban J connectivity index is 1.84. The lowest BCUT2D eigenvalue weighted by Crippen LogP contribution is -2.22. The molecule has 0 heterocycles. The molecule has 2 aromatic carbocycles. The van der Waals surface area contributed by atoms with Crippen LogP contribution in [0.2, 0.25) is 0 Å². The number of aryl methyl sites for hydroxylation is 1. The molecule has 0 fully saturated rings. The number of esters is 2. The van der Waals surface area contributed by atoms with Gasteiger partial charge in [-0.2, -0.15) is 0 Å². The van der Waals surface area contributed by atoms with Crippen LogP contribution >= 0.6 is 0 Å². The Hall–Kier alpha value is -3.93. The predicted octanol–water partition coefficient (Wildman–Crippen LogP) is 5.91. The summed E-state index contributed by atoms with van der Waals surface area (Å²) < 4.78 is 16.2. The SMILES string of the molecule is C=CC(=O)CC(COC(=O)C=C)COc1ccc(/C=C/C(=O)Oc2ccc(CCCCC)cc2)cc1. The normalized spacial score (nSPS) is 11.5. The number of carbonyl (C=O) groups excluding carboxylic acids is 3. The molecule has 36 heavy (non-hydrogen) atoms. The van der Waals surface area contributed by atoms with Crippen LogP contribution in [0.25, 0.3) is 6.08 Å². The fraction of sp³-hybridized carbons (Fsp3) is 0.300. The molecule has 1 atom stereocenters. The molecule has 0 amide bonds. The molecule has 0 saturated heterocycles.